The number of aliphatic imine (C=N–C) groups is 1. The molecule has 0 radical (unpaired) electrons. The third-order valence-electron chi connectivity index (χ3n) is 7.69. The van der Waals surface area contributed by atoms with E-state index in [1.165, 1.54) is 11.1 Å². The van der Waals surface area contributed by atoms with Crippen molar-refractivity contribution in [2.75, 3.05) is 19.7 Å². The van der Waals surface area contributed by atoms with Gasteiger partial charge in [-0.25, -0.2) is 0 Å². The molecule has 1 aromatic rings. The Balaban J connectivity index is 1.94. The summed E-state index contributed by atoms with van der Waals surface area (Å²) in [6.07, 6.45) is 5.88. The van der Waals surface area contributed by atoms with E-state index in [1.807, 2.05) is 39.8 Å². The van der Waals surface area contributed by atoms with Crippen LogP contribution in [-0.2, 0) is 21.5 Å². The maximum absolute atomic E-state index is 13.6. The van der Waals surface area contributed by atoms with E-state index < -0.39 is 17.7 Å². The highest BCUT2D eigenvalue weighted by molar-refractivity contribution is 6.08. The van der Waals surface area contributed by atoms with E-state index in [2.05, 4.69) is 16.4 Å². The molecule has 0 saturated carbocycles. The number of aliphatic hydroxyl groups is 2. The minimum Gasteiger partial charge on any atom is -0.405 e. The second kappa shape index (κ2) is 12.0. The van der Waals surface area contributed by atoms with Crippen LogP contribution in [0.4, 0.5) is 0 Å². The molecule has 3 rings (SSSR count). The quantitative estimate of drug-likeness (QED) is 0.323. The van der Waals surface area contributed by atoms with Crippen LogP contribution in [0, 0.1) is 11.8 Å². The Labute approximate surface area is 214 Å². The highest BCUT2D eigenvalue weighted by atomic mass is 16.3. The smallest absolute Gasteiger partial charge is 0.243 e. The molecule has 4 atom stereocenters. The molecule has 1 saturated heterocycles. The van der Waals surface area contributed by atoms with Gasteiger partial charge in [0.25, 0.3) is 0 Å². The largest absolute Gasteiger partial charge is 0.405 e. The van der Waals surface area contributed by atoms with Crippen LogP contribution in [-0.4, -0.2) is 64.5 Å². The molecule has 1 aliphatic heterocycles. The molecule has 4 unspecified atom stereocenters. The molecule has 1 aromatic carbocycles. The molecule has 198 valence electrons. The van der Waals surface area contributed by atoms with Crippen molar-refractivity contribution in [1.82, 2.24) is 10.2 Å². The summed E-state index contributed by atoms with van der Waals surface area (Å²) in [7, 11) is 0. The van der Waals surface area contributed by atoms with E-state index >= 15 is 0 Å². The van der Waals surface area contributed by atoms with Gasteiger partial charge >= 0.3 is 0 Å². The van der Waals surface area contributed by atoms with E-state index in [-0.39, 0.29) is 43.2 Å². The fraction of sp³-hybridized carbons (Fsp3) is 0.607. The van der Waals surface area contributed by atoms with Crippen molar-refractivity contribution in [2.24, 2.45) is 22.6 Å². The molecule has 0 spiro atoms. The van der Waals surface area contributed by atoms with Crippen molar-refractivity contribution >= 4 is 17.5 Å². The number of hydrogen-bond donors (Lipinski definition) is 4. The highest BCUT2D eigenvalue weighted by Gasteiger charge is 2.44. The molecule has 1 aliphatic carbocycles. The lowest BCUT2D eigenvalue weighted by molar-refractivity contribution is -0.143. The zero-order chi connectivity index (χ0) is 26.5. The van der Waals surface area contributed by atoms with Crippen molar-refractivity contribution in [2.45, 2.75) is 77.5 Å². The number of amides is 2. The van der Waals surface area contributed by atoms with E-state index in [1.54, 1.807) is 6.08 Å². The van der Waals surface area contributed by atoms with Crippen LogP contribution in [0.3, 0.4) is 0 Å². The lowest BCUT2D eigenvalue weighted by Crippen LogP contribution is -2.55. The summed E-state index contributed by atoms with van der Waals surface area (Å²) in [5.41, 5.74) is 8.35. The molecule has 0 aromatic heterocycles. The van der Waals surface area contributed by atoms with Crippen molar-refractivity contribution in [3.63, 3.8) is 0 Å². The van der Waals surface area contributed by atoms with Crippen LogP contribution in [0.5, 0.6) is 0 Å². The first-order chi connectivity index (χ1) is 17.2. The van der Waals surface area contributed by atoms with E-state index in [9.17, 15) is 19.8 Å². The average Bonchev–Trinajstić information content (AvgIpc) is 3.17. The van der Waals surface area contributed by atoms with Crippen molar-refractivity contribution < 1.29 is 19.8 Å². The van der Waals surface area contributed by atoms with Crippen molar-refractivity contribution in [3.8, 4) is 0 Å². The third kappa shape index (κ3) is 5.81. The summed E-state index contributed by atoms with van der Waals surface area (Å²) in [6, 6.07) is 5.23. The SMILES string of the molecule is CCN=C(/C=C\N)c1ccc2c(c1)CCCCC2(CO)NC(=O)C1CC(O)CN1C(=O)C(C)C(C)C. The number of nitrogens with one attached hydrogen (secondary N) is 1. The van der Waals surface area contributed by atoms with Gasteiger partial charge in [-0.05, 0) is 67.1 Å². The first-order valence-corrected chi connectivity index (χ1v) is 13.1. The predicted molar refractivity (Wildman–Crippen MR) is 141 cm³/mol. The lowest BCUT2D eigenvalue weighted by Gasteiger charge is -2.36. The van der Waals surface area contributed by atoms with Gasteiger partial charge in [-0.15, -0.1) is 0 Å². The summed E-state index contributed by atoms with van der Waals surface area (Å²) in [4.78, 5) is 32.8. The number of nitrogens with two attached hydrogens (primary N) is 1. The third-order valence-corrected chi connectivity index (χ3v) is 7.69. The average molecular weight is 499 g/mol. The van der Waals surface area contributed by atoms with Gasteiger partial charge < -0.3 is 26.2 Å². The number of allylic oxidation sites excluding steroid dienone is 1. The number of benzene rings is 1. The molecule has 8 nitrogen and oxygen atoms in total. The minimum absolute atomic E-state index is 0.124. The molecular weight excluding hydrogens is 456 g/mol. The number of aliphatic hydroxyl groups excluding tert-OH is 2. The Morgan fingerprint density at radius 3 is 2.69 bits per heavy atom. The number of carbonyl (C=O) groups excluding carboxylic acids is 2. The minimum atomic E-state index is -0.959. The summed E-state index contributed by atoms with van der Waals surface area (Å²) in [5, 5.41) is 24.1. The number of fused-ring (bicyclic) bond motifs is 1. The number of likely N-dealkylation sites (tertiary alicyclic amines) is 1. The van der Waals surface area contributed by atoms with Gasteiger partial charge in [0.15, 0.2) is 0 Å². The Kier molecular flexibility index (Phi) is 9.30. The van der Waals surface area contributed by atoms with Gasteiger partial charge in [-0.2, -0.15) is 0 Å². The molecule has 0 bridgehead atoms. The number of nitrogens with zero attached hydrogens (tertiary/aromatic N) is 2. The van der Waals surface area contributed by atoms with Gasteiger partial charge in [0, 0.05) is 25.4 Å². The van der Waals surface area contributed by atoms with Gasteiger partial charge in [0.05, 0.1) is 24.0 Å². The van der Waals surface area contributed by atoms with E-state index in [4.69, 9.17) is 5.73 Å². The van der Waals surface area contributed by atoms with Gasteiger partial charge in [0.1, 0.15) is 6.04 Å². The summed E-state index contributed by atoms with van der Waals surface area (Å²) < 4.78 is 0. The second-order valence-electron chi connectivity index (χ2n) is 10.5. The van der Waals surface area contributed by atoms with Crippen LogP contribution in [0.1, 0.15) is 70.1 Å². The molecule has 2 aliphatic rings. The molecule has 1 fully saturated rings. The Hall–Kier alpha value is -2.71. The van der Waals surface area contributed by atoms with Crippen LogP contribution < -0.4 is 11.1 Å². The molecule has 8 heteroatoms. The Bertz CT molecular complexity index is 1010. The zero-order valence-corrected chi connectivity index (χ0v) is 22.0. The number of β-amino-alcohol motifs (C(OH)–C–C–N with tert-alkyl or cyclic N) is 1. The van der Waals surface area contributed by atoms with Gasteiger partial charge in [-0.1, -0.05) is 39.3 Å². The number of hydrogen-bond acceptors (Lipinski definition) is 6. The molecule has 1 heterocycles. The van der Waals surface area contributed by atoms with Crippen LogP contribution in [0.15, 0.2) is 35.5 Å². The predicted octanol–water partition coefficient (Wildman–Crippen LogP) is 2.25. The summed E-state index contributed by atoms with van der Waals surface area (Å²) in [5.74, 6) is -0.584. The van der Waals surface area contributed by atoms with Gasteiger partial charge in [0.2, 0.25) is 11.8 Å². The zero-order valence-electron chi connectivity index (χ0n) is 22.0. The van der Waals surface area contributed by atoms with Crippen LogP contribution in [0.2, 0.25) is 0 Å². The molecule has 5 N–H and O–H groups in total. The van der Waals surface area contributed by atoms with Crippen LogP contribution >= 0.6 is 0 Å². The second-order valence-corrected chi connectivity index (χ2v) is 10.5. The number of aryl methyl sites for hydroxylation is 1. The molecule has 36 heavy (non-hydrogen) atoms. The molecular formula is C28H42N4O4. The van der Waals surface area contributed by atoms with Crippen molar-refractivity contribution in [3.05, 3.63) is 47.2 Å². The standard InChI is InChI=1S/C28H42N4O4/c1-5-30-24(11-13-29)21-9-10-23-20(14-21)8-6-7-12-28(23,17-33)31-26(35)25-15-22(34)16-32(25)27(36)19(4)18(2)3/h9-11,13-14,18-19,22,25,33-34H,5-8,12,15-17,29H2,1-4H3,(H,31,35)/b13-11-,30-24?. The maximum Gasteiger partial charge on any atom is 0.243 e. The topological polar surface area (TPSA) is 128 Å². The van der Waals surface area contributed by atoms with Crippen LogP contribution in [0.25, 0.3) is 0 Å². The van der Waals surface area contributed by atoms with Gasteiger partial charge in [-0.3, -0.25) is 14.6 Å². The Morgan fingerprint density at radius 1 is 1.31 bits per heavy atom. The Morgan fingerprint density at radius 2 is 2.06 bits per heavy atom. The number of carbonyl (C=O) groups is 2. The van der Waals surface area contributed by atoms with Crippen molar-refractivity contribution in [1.29, 1.82) is 0 Å². The summed E-state index contributed by atoms with van der Waals surface area (Å²) in [6.45, 7) is 8.30. The fourth-order valence-corrected chi connectivity index (χ4v) is 5.31. The fourth-order valence-electron chi connectivity index (χ4n) is 5.31. The maximum atomic E-state index is 13.6. The first kappa shape index (κ1) is 27.9. The monoisotopic (exact) mass is 498 g/mol. The first-order valence-electron chi connectivity index (χ1n) is 13.1. The number of rotatable bonds is 8. The summed E-state index contributed by atoms with van der Waals surface area (Å²) >= 11 is 0. The molecule has 2 amide bonds. The van der Waals surface area contributed by atoms with E-state index in [0.29, 0.717) is 13.0 Å². The van der Waals surface area contributed by atoms with E-state index in [0.717, 1.165) is 41.7 Å². The highest BCUT2D eigenvalue weighted by Crippen LogP contribution is 2.36. The normalized spacial score (nSPS) is 25.6. The lowest BCUT2D eigenvalue weighted by atomic mass is 9.83.